The van der Waals surface area contributed by atoms with Crippen LogP contribution in [0.4, 0.5) is 4.79 Å². The molecule has 1 fully saturated rings. The lowest BCUT2D eigenvalue weighted by Crippen LogP contribution is -2.43. The van der Waals surface area contributed by atoms with Crippen LogP contribution in [0.2, 0.25) is 0 Å². The zero-order chi connectivity index (χ0) is 14.5. The van der Waals surface area contributed by atoms with Crippen LogP contribution < -0.4 is 10.6 Å². The van der Waals surface area contributed by atoms with Gasteiger partial charge in [-0.1, -0.05) is 0 Å². The van der Waals surface area contributed by atoms with Crippen LogP contribution in [0, 0.1) is 5.92 Å². The molecular weight excluding hydrogens is 268 g/mol. The Morgan fingerprint density at radius 1 is 1.33 bits per heavy atom. The first-order chi connectivity index (χ1) is 10.3. The fraction of sp³-hybridized carbons (Fsp3) is 0.733. The van der Waals surface area contributed by atoms with Crippen LogP contribution in [-0.2, 0) is 17.7 Å². The Labute approximate surface area is 125 Å². The first-order valence-corrected chi connectivity index (χ1v) is 7.94. The van der Waals surface area contributed by atoms with Crippen molar-refractivity contribution in [2.24, 2.45) is 5.92 Å². The molecule has 1 aromatic rings. The Kier molecular flexibility index (Phi) is 4.75. The highest BCUT2D eigenvalue weighted by Crippen LogP contribution is 2.17. The molecule has 2 atom stereocenters. The number of rotatable bonds is 4. The molecule has 0 radical (unpaired) electrons. The Morgan fingerprint density at radius 2 is 2.24 bits per heavy atom. The van der Waals surface area contributed by atoms with E-state index in [1.54, 1.807) is 0 Å². The second-order valence-electron chi connectivity index (χ2n) is 5.98. The van der Waals surface area contributed by atoms with E-state index in [9.17, 15) is 4.79 Å². The molecule has 1 saturated heterocycles. The van der Waals surface area contributed by atoms with E-state index in [1.807, 2.05) is 12.4 Å². The van der Waals surface area contributed by atoms with Gasteiger partial charge in [-0.05, 0) is 31.6 Å². The molecular formula is C15H24N4O2. The van der Waals surface area contributed by atoms with E-state index in [1.165, 1.54) is 6.42 Å². The number of aryl methyl sites for hydroxylation is 1. The third kappa shape index (κ3) is 3.97. The van der Waals surface area contributed by atoms with Crippen molar-refractivity contribution in [1.29, 1.82) is 0 Å². The number of carbonyl (C=O) groups is 1. The van der Waals surface area contributed by atoms with E-state index in [0.717, 1.165) is 51.2 Å². The molecule has 3 rings (SSSR count). The largest absolute Gasteiger partial charge is 0.376 e. The molecule has 116 valence electrons. The van der Waals surface area contributed by atoms with Crippen LogP contribution >= 0.6 is 0 Å². The van der Waals surface area contributed by atoms with Gasteiger partial charge in [0.15, 0.2) is 0 Å². The number of aromatic nitrogens is 2. The van der Waals surface area contributed by atoms with Crippen molar-refractivity contribution < 1.29 is 9.53 Å². The van der Waals surface area contributed by atoms with E-state index in [-0.39, 0.29) is 12.1 Å². The number of nitrogens with zero attached hydrogens (tertiary/aromatic N) is 2. The fourth-order valence-corrected chi connectivity index (χ4v) is 3.08. The molecule has 2 N–H and O–H groups in total. The molecule has 0 aliphatic carbocycles. The Bertz CT molecular complexity index is 468. The summed E-state index contributed by atoms with van der Waals surface area (Å²) in [4.78, 5) is 16.1. The summed E-state index contributed by atoms with van der Waals surface area (Å²) in [5, 5.41) is 5.89. The maximum atomic E-state index is 11.8. The van der Waals surface area contributed by atoms with Crippen LogP contribution in [0.25, 0.3) is 0 Å². The van der Waals surface area contributed by atoms with Crippen molar-refractivity contribution >= 4 is 6.03 Å². The van der Waals surface area contributed by atoms with E-state index in [2.05, 4.69) is 20.2 Å². The molecule has 1 aromatic heterocycles. The molecule has 0 saturated carbocycles. The molecule has 2 aliphatic heterocycles. The zero-order valence-corrected chi connectivity index (χ0v) is 12.4. The van der Waals surface area contributed by atoms with Crippen molar-refractivity contribution in [1.82, 2.24) is 20.2 Å². The Morgan fingerprint density at radius 3 is 3.10 bits per heavy atom. The molecule has 0 unspecified atom stereocenters. The monoisotopic (exact) mass is 292 g/mol. The van der Waals surface area contributed by atoms with Gasteiger partial charge in [-0.2, -0.15) is 0 Å². The summed E-state index contributed by atoms with van der Waals surface area (Å²) in [7, 11) is 0. The second-order valence-corrected chi connectivity index (χ2v) is 5.98. The molecule has 0 aromatic carbocycles. The molecule has 2 aliphatic rings. The van der Waals surface area contributed by atoms with Crippen molar-refractivity contribution in [3.05, 3.63) is 18.2 Å². The number of nitrogens with one attached hydrogen (secondary N) is 2. The lowest BCUT2D eigenvalue weighted by Gasteiger charge is -2.25. The Balaban J connectivity index is 1.34. The summed E-state index contributed by atoms with van der Waals surface area (Å²) < 4.78 is 7.78. The number of urea groups is 1. The molecule has 21 heavy (non-hydrogen) atoms. The van der Waals surface area contributed by atoms with Crippen LogP contribution in [0.15, 0.2) is 12.4 Å². The smallest absolute Gasteiger partial charge is 0.314 e. The summed E-state index contributed by atoms with van der Waals surface area (Å²) in [6.07, 6.45) is 9.52. The van der Waals surface area contributed by atoms with Crippen LogP contribution in [0.1, 0.15) is 31.5 Å². The first kappa shape index (κ1) is 14.4. The number of carbonyl (C=O) groups excluding carboxylic acids is 1. The van der Waals surface area contributed by atoms with Crippen LogP contribution in [0.3, 0.4) is 0 Å². The molecule has 2 amide bonds. The Hall–Kier alpha value is -1.56. The predicted octanol–water partition coefficient (Wildman–Crippen LogP) is 1.31. The highest BCUT2D eigenvalue weighted by molar-refractivity contribution is 5.73. The summed E-state index contributed by atoms with van der Waals surface area (Å²) in [6, 6.07) is -0.0828. The van der Waals surface area contributed by atoms with E-state index < -0.39 is 0 Å². The number of imidazole rings is 1. The maximum absolute atomic E-state index is 11.8. The summed E-state index contributed by atoms with van der Waals surface area (Å²) >= 11 is 0. The van der Waals surface area contributed by atoms with Crippen molar-refractivity contribution in [3.8, 4) is 0 Å². The number of ether oxygens (including phenoxy) is 1. The SMILES string of the molecule is O=C(NC[C@@H]1CCc2nccn2C1)NC[C@H]1CCCCO1. The zero-order valence-electron chi connectivity index (χ0n) is 12.4. The van der Waals surface area contributed by atoms with Gasteiger partial charge in [0, 0.05) is 45.1 Å². The summed E-state index contributed by atoms with van der Waals surface area (Å²) in [5.41, 5.74) is 0. The van der Waals surface area contributed by atoms with Gasteiger partial charge in [0.05, 0.1) is 6.10 Å². The number of amides is 2. The van der Waals surface area contributed by atoms with Gasteiger partial charge < -0.3 is 19.9 Å². The minimum absolute atomic E-state index is 0.0828. The molecule has 3 heterocycles. The quantitative estimate of drug-likeness (QED) is 0.879. The normalized spacial score (nSPS) is 25.1. The van der Waals surface area contributed by atoms with Gasteiger partial charge in [0.2, 0.25) is 0 Å². The number of fused-ring (bicyclic) bond motifs is 1. The molecule has 6 heteroatoms. The second kappa shape index (κ2) is 6.93. The van der Waals surface area contributed by atoms with Crippen molar-refractivity contribution in [2.75, 3.05) is 19.7 Å². The minimum atomic E-state index is -0.0828. The molecule has 6 nitrogen and oxygen atoms in total. The number of hydrogen-bond acceptors (Lipinski definition) is 3. The number of hydrogen-bond donors (Lipinski definition) is 2. The third-order valence-electron chi connectivity index (χ3n) is 4.35. The average Bonchev–Trinajstić information content (AvgIpc) is 2.99. The van der Waals surface area contributed by atoms with Gasteiger partial charge in [-0.3, -0.25) is 0 Å². The summed E-state index contributed by atoms with van der Waals surface area (Å²) in [6.45, 7) is 3.10. The van der Waals surface area contributed by atoms with Gasteiger partial charge in [0.25, 0.3) is 0 Å². The van der Waals surface area contributed by atoms with Crippen molar-refractivity contribution in [2.45, 2.75) is 44.8 Å². The summed E-state index contributed by atoms with van der Waals surface area (Å²) in [5.74, 6) is 1.65. The third-order valence-corrected chi connectivity index (χ3v) is 4.35. The highest BCUT2D eigenvalue weighted by Gasteiger charge is 2.19. The van der Waals surface area contributed by atoms with E-state index >= 15 is 0 Å². The lowest BCUT2D eigenvalue weighted by atomic mass is 9.99. The first-order valence-electron chi connectivity index (χ1n) is 7.94. The van der Waals surface area contributed by atoms with Gasteiger partial charge in [-0.15, -0.1) is 0 Å². The van der Waals surface area contributed by atoms with Crippen LogP contribution in [0.5, 0.6) is 0 Å². The van der Waals surface area contributed by atoms with E-state index in [0.29, 0.717) is 12.5 Å². The molecule has 0 bridgehead atoms. The van der Waals surface area contributed by atoms with Crippen LogP contribution in [-0.4, -0.2) is 41.4 Å². The minimum Gasteiger partial charge on any atom is -0.376 e. The fourth-order valence-electron chi connectivity index (χ4n) is 3.08. The average molecular weight is 292 g/mol. The highest BCUT2D eigenvalue weighted by atomic mass is 16.5. The van der Waals surface area contributed by atoms with Gasteiger partial charge in [-0.25, -0.2) is 9.78 Å². The molecule has 0 spiro atoms. The van der Waals surface area contributed by atoms with Crippen molar-refractivity contribution in [3.63, 3.8) is 0 Å². The van der Waals surface area contributed by atoms with Gasteiger partial charge in [0.1, 0.15) is 5.82 Å². The van der Waals surface area contributed by atoms with Gasteiger partial charge >= 0.3 is 6.03 Å². The van der Waals surface area contributed by atoms with E-state index in [4.69, 9.17) is 4.74 Å². The topological polar surface area (TPSA) is 68.2 Å². The maximum Gasteiger partial charge on any atom is 0.314 e. The standard InChI is InChI=1S/C15H24N4O2/c20-15(18-10-13-3-1-2-8-21-13)17-9-12-4-5-14-16-6-7-19(14)11-12/h6-7,12-13H,1-5,8-11H2,(H2,17,18,20)/t12-,13+/m0/s1. The predicted molar refractivity (Wildman–Crippen MR) is 79.0 cm³/mol. The lowest BCUT2D eigenvalue weighted by molar-refractivity contribution is 0.0184.